The van der Waals surface area contributed by atoms with Gasteiger partial charge in [-0.05, 0) is 33.4 Å². The molecule has 13 nitrogen and oxygen atoms in total. The molecule has 6 rings (SSSR count). The fourth-order valence-electron chi connectivity index (χ4n) is 5.33. The number of carbonyl (C=O) groups is 3. The zero-order valence-corrected chi connectivity index (χ0v) is 22.2. The number of hydrogen-bond donors (Lipinski definition) is 5. The molecular formula is C26H18BrNO12. The highest BCUT2D eigenvalue weighted by molar-refractivity contribution is 9.12. The summed E-state index contributed by atoms with van der Waals surface area (Å²) in [5, 5.41) is 46.5. The Labute approximate surface area is 231 Å². The van der Waals surface area contributed by atoms with Crippen molar-refractivity contribution in [2.75, 3.05) is 14.2 Å². The van der Waals surface area contributed by atoms with E-state index in [0.717, 1.165) is 7.11 Å². The number of nitrogens with one attached hydrogen (secondary N) is 1. The molecule has 1 spiro atoms. The number of ketones is 2. The Morgan fingerprint density at radius 1 is 1.05 bits per heavy atom. The van der Waals surface area contributed by atoms with E-state index < -0.39 is 69.2 Å². The van der Waals surface area contributed by atoms with Crippen molar-refractivity contribution in [2.45, 2.75) is 24.7 Å². The van der Waals surface area contributed by atoms with Gasteiger partial charge in [0.15, 0.2) is 23.0 Å². The largest absolute Gasteiger partial charge is 0.507 e. The van der Waals surface area contributed by atoms with Crippen LogP contribution in [0.1, 0.15) is 54.9 Å². The number of aliphatic hydroxyl groups excluding tert-OH is 1. The van der Waals surface area contributed by atoms with Crippen molar-refractivity contribution in [3.05, 3.63) is 60.7 Å². The topological polar surface area (TPSA) is 202 Å². The number of aliphatic hydroxyl groups is 1. The van der Waals surface area contributed by atoms with Gasteiger partial charge in [0.05, 0.1) is 41.7 Å². The second kappa shape index (κ2) is 8.47. The van der Waals surface area contributed by atoms with Gasteiger partial charge in [-0.1, -0.05) is 0 Å². The van der Waals surface area contributed by atoms with E-state index in [2.05, 4.69) is 26.0 Å². The number of halogens is 1. The van der Waals surface area contributed by atoms with Crippen molar-refractivity contribution in [1.29, 1.82) is 0 Å². The Morgan fingerprint density at radius 3 is 2.40 bits per heavy atom. The van der Waals surface area contributed by atoms with Gasteiger partial charge in [0.2, 0.25) is 17.3 Å². The molecular weight excluding hydrogens is 598 g/mol. The van der Waals surface area contributed by atoms with Crippen LogP contribution in [0.4, 0.5) is 0 Å². The minimum atomic E-state index is -1.83. The average molecular weight is 616 g/mol. The third-order valence-electron chi connectivity index (χ3n) is 7.13. The van der Waals surface area contributed by atoms with E-state index in [9.17, 15) is 39.6 Å². The van der Waals surface area contributed by atoms with Crippen molar-refractivity contribution >= 4 is 44.2 Å². The summed E-state index contributed by atoms with van der Waals surface area (Å²) in [6.45, 7) is 0. The van der Waals surface area contributed by atoms with Gasteiger partial charge in [0.25, 0.3) is 5.79 Å². The molecule has 40 heavy (non-hydrogen) atoms. The molecule has 14 heteroatoms. The summed E-state index contributed by atoms with van der Waals surface area (Å²) in [6, 6.07) is 2.50. The normalized spacial score (nSPS) is 21.1. The molecule has 2 atom stereocenters. The number of phenols is 3. The predicted octanol–water partition coefficient (Wildman–Crippen LogP) is 2.05. The first kappa shape index (κ1) is 25.7. The van der Waals surface area contributed by atoms with Crippen molar-refractivity contribution in [1.82, 2.24) is 5.32 Å². The lowest BCUT2D eigenvalue weighted by atomic mass is 9.86. The monoisotopic (exact) mass is 615 g/mol. The summed E-state index contributed by atoms with van der Waals surface area (Å²) in [7, 11) is 2.50. The van der Waals surface area contributed by atoms with Gasteiger partial charge in [0, 0.05) is 18.2 Å². The molecule has 2 aliphatic heterocycles. The predicted molar refractivity (Wildman–Crippen MR) is 136 cm³/mol. The standard InChI is InChI=1S/C26H18BrNO12/c1-28-16-15(27)18(31)13-14(19(16)32)21(34)23-9(17(13)30)5-26(40-23)6-10(29)8-3-7-4-11(24(35)37-2)38-25(36)12(7)20(33)22(8)39-26/h3-4,10,28-30,33-34H,5-6H2,1-2H3. The Bertz CT molecular complexity index is 1820. The van der Waals surface area contributed by atoms with Crippen molar-refractivity contribution in [3.8, 4) is 28.7 Å². The molecule has 0 fully saturated rings. The second-order valence-electron chi connectivity index (χ2n) is 9.36. The number of hydrogen-bond acceptors (Lipinski definition) is 13. The zero-order valence-electron chi connectivity index (χ0n) is 20.6. The van der Waals surface area contributed by atoms with Crippen LogP contribution in [0.15, 0.2) is 31.5 Å². The minimum absolute atomic E-state index is 0.0569. The number of benzene rings is 2. The van der Waals surface area contributed by atoms with Gasteiger partial charge < -0.3 is 44.4 Å². The number of Topliss-reactive ketones (excluding diaryl/α,β-unsaturated/α-hetero) is 2. The molecule has 1 aliphatic carbocycles. The fraction of sp³-hybridized carbons (Fsp3) is 0.231. The van der Waals surface area contributed by atoms with E-state index >= 15 is 0 Å². The fourth-order valence-corrected chi connectivity index (χ4v) is 5.91. The van der Waals surface area contributed by atoms with Crippen LogP contribution in [-0.2, 0) is 11.2 Å². The Kier molecular flexibility index (Phi) is 5.44. The van der Waals surface area contributed by atoms with Crippen molar-refractivity contribution in [2.24, 2.45) is 0 Å². The van der Waals surface area contributed by atoms with Crippen LogP contribution in [0.5, 0.6) is 28.7 Å². The van der Waals surface area contributed by atoms with Crippen molar-refractivity contribution < 1.29 is 53.4 Å². The summed E-state index contributed by atoms with van der Waals surface area (Å²) in [5.74, 6) is -7.42. The lowest BCUT2D eigenvalue weighted by Crippen LogP contribution is -2.45. The second-order valence-corrected chi connectivity index (χ2v) is 10.2. The Hall–Kier alpha value is -4.56. The van der Waals surface area contributed by atoms with Crippen LogP contribution in [0, 0.1) is 0 Å². The smallest absolute Gasteiger partial charge is 0.374 e. The first-order valence-corrected chi connectivity index (χ1v) is 12.5. The Morgan fingerprint density at radius 2 is 1.73 bits per heavy atom. The SMILES string of the molecule is CNC1=C(Br)C(=O)c2c(O)c3c(c(O)c2C1=O)OC1(C3)CC(O)c2cc3cc(C(=O)OC)oc(=O)c3c(O)c2O1. The summed E-state index contributed by atoms with van der Waals surface area (Å²) in [4.78, 5) is 50.6. The van der Waals surface area contributed by atoms with E-state index in [1.807, 2.05) is 0 Å². The third-order valence-corrected chi connectivity index (χ3v) is 7.88. The van der Waals surface area contributed by atoms with E-state index in [1.165, 1.54) is 19.2 Å². The van der Waals surface area contributed by atoms with Gasteiger partial charge in [-0.25, -0.2) is 9.59 Å². The number of likely N-dealkylation sites (N-methyl/N-ethyl adjacent to an activating group) is 1. The zero-order chi connectivity index (χ0) is 28.8. The lowest BCUT2D eigenvalue weighted by Gasteiger charge is -2.37. The first-order valence-electron chi connectivity index (χ1n) is 11.7. The van der Waals surface area contributed by atoms with Gasteiger partial charge in [-0.2, -0.15) is 0 Å². The van der Waals surface area contributed by atoms with E-state index in [0.29, 0.717) is 0 Å². The molecule has 3 heterocycles. The summed E-state index contributed by atoms with van der Waals surface area (Å²) in [5.41, 5.74) is -2.13. The number of phenolic OH excluding ortho intramolecular Hbond substituents is 3. The maximum Gasteiger partial charge on any atom is 0.374 e. The number of fused-ring (bicyclic) bond motifs is 4. The van der Waals surface area contributed by atoms with Crippen LogP contribution >= 0.6 is 15.9 Å². The summed E-state index contributed by atoms with van der Waals surface area (Å²) < 4.78 is 21.3. The van der Waals surface area contributed by atoms with Gasteiger partial charge in [0.1, 0.15) is 16.8 Å². The number of rotatable bonds is 2. The molecule has 206 valence electrons. The molecule has 0 amide bonds. The molecule has 5 N–H and O–H groups in total. The van der Waals surface area contributed by atoms with E-state index in [1.54, 1.807) is 0 Å². The number of ether oxygens (including phenoxy) is 3. The molecule has 0 saturated carbocycles. The highest BCUT2D eigenvalue weighted by Gasteiger charge is 2.52. The first-order chi connectivity index (χ1) is 18.9. The molecule has 0 radical (unpaired) electrons. The number of carbonyl (C=O) groups excluding carboxylic acids is 3. The highest BCUT2D eigenvalue weighted by atomic mass is 79.9. The maximum atomic E-state index is 13.0. The van der Waals surface area contributed by atoms with Crippen LogP contribution in [0.25, 0.3) is 10.8 Å². The van der Waals surface area contributed by atoms with Crippen molar-refractivity contribution in [3.63, 3.8) is 0 Å². The van der Waals surface area contributed by atoms with Gasteiger partial charge in [-0.3, -0.25) is 9.59 Å². The molecule has 2 unspecified atom stereocenters. The molecule has 3 aliphatic rings. The lowest BCUT2D eigenvalue weighted by molar-refractivity contribution is -0.139. The third kappa shape index (κ3) is 3.29. The van der Waals surface area contributed by atoms with Gasteiger partial charge >= 0.3 is 11.6 Å². The quantitative estimate of drug-likeness (QED) is 0.207. The minimum Gasteiger partial charge on any atom is -0.507 e. The number of esters is 1. The van der Waals surface area contributed by atoms with Crippen LogP contribution in [0.3, 0.4) is 0 Å². The van der Waals surface area contributed by atoms with Crippen LogP contribution in [-0.4, -0.2) is 57.9 Å². The molecule has 2 aromatic carbocycles. The highest BCUT2D eigenvalue weighted by Crippen LogP contribution is 2.57. The van der Waals surface area contributed by atoms with Crippen LogP contribution in [0.2, 0.25) is 0 Å². The summed E-state index contributed by atoms with van der Waals surface area (Å²) in [6.07, 6.45) is -1.98. The number of allylic oxidation sites excluding steroid dienone is 2. The van der Waals surface area contributed by atoms with E-state index in [-0.39, 0.29) is 56.4 Å². The molecule has 1 aromatic heterocycles. The Balaban J connectivity index is 1.47. The summed E-state index contributed by atoms with van der Waals surface area (Å²) >= 11 is 3.05. The average Bonchev–Trinajstić information content (AvgIpc) is 3.29. The number of methoxy groups -OCH3 is 1. The molecule has 3 aromatic rings. The molecule has 0 saturated heterocycles. The van der Waals surface area contributed by atoms with E-state index in [4.69, 9.17) is 13.9 Å². The molecule has 0 bridgehead atoms. The maximum absolute atomic E-state index is 13.0. The number of aromatic hydroxyl groups is 3. The van der Waals surface area contributed by atoms with Crippen LogP contribution < -0.4 is 20.4 Å². The van der Waals surface area contributed by atoms with Gasteiger partial charge in [-0.15, -0.1) is 0 Å².